The van der Waals surface area contributed by atoms with E-state index in [1.54, 1.807) is 25.4 Å². The van der Waals surface area contributed by atoms with Crippen molar-refractivity contribution in [3.05, 3.63) is 48.2 Å². The van der Waals surface area contributed by atoms with Crippen LogP contribution < -0.4 is 13.8 Å². The zero-order chi connectivity index (χ0) is 21.0. The molecule has 0 radical (unpaired) electrons. The Kier molecular flexibility index (Phi) is 9.31. The molecule has 1 fully saturated rings. The maximum atomic E-state index is 5.87. The molecular formula is C23H32N4O2S. The van der Waals surface area contributed by atoms with Crippen LogP contribution in [-0.4, -0.2) is 55.4 Å². The number of anilines is 1. The van der Waals surface area contributed by atoms with E-state index in [4.69, 9.17) is 9.47 Å². The van der Waals surface area contributed by atoms with Crippen LogP contribution in [0.15, 0.2) is 47.6 Å². The summed E-state index contributed by atoms with van der Waals surface area (Å²) in [4.78, 5) is 8.54. The first kappa shape index (κ1) is 22.4. The zero-order valence-electron chi connectivity index (χ0n) is 18.0. The van der Waals surface area contributed by atoms with Crippen molar-refractivity contribution < 1.29 is 9.47 Å². The van der Waals surface area contributed by atoms with Crippen LogP contribution in [0.25, 0.3) is 0 Å². The Labute approximate surface area is 184 Å². The van der Waals surface area contributed by atoms with Crippen LogP contribution >= 0.6 is 12.1 Å². The summed E-state index contributed by atoms with van der Waals surface area (Å²) in [6, 6.07) is 12.2. The number of unbranched alkanes of at least 4 members (excludes halogenated alkanes) is 2. The average Bonchev–Trinajstić information content (AvgIpc) is 3.26. The topological polar surface area (TPSA) is 50.2 Å². The first-order chi connectivity index (χ1) is 14.8. The van der Waals surface area contributed by atoms with Crippen molar-refractivity contribution in [2.45, 2.75) is 32.6 Å². The minimum absolute atomic E-state index is 0.658. The van der Waals surface area contributed by atoms with Gasteiger partial charge in [-0.15, -0.1) is 0 Å². The third kappa shape index (κ3) is 7.22. The molecular weight excluding hydrogens is 396 g/mol. The van der Waals surface area contributed by atoms with Crippen molar-refractivity contribution in [2.24, 2.45) is 4.99 Å². The maximum absolute atomic E-state index is 5.87. The molecule has 0 aliphatic carbocycles. The summed E-state index contributed by atoms with van der Waals surface area (Å²) < 4.78 is 15.8. The number of pyridine rings is 1. The maximum Gasteiger partial charge on any atom is 0.215 e. The van der Waals surface area contributed by atoms with Gasteiger partial charge in [0.2, 0.25) is 5.88 Å². The molecule has 30 heavy (non-hydrogen) atoms. The molecule has 0 N–H and O–H groups in total. The molecule has 2 heterocycles. The number of aromatic nitrogens is 1. The van der Waals surface area contributed by atoms with Crippen molar-refractivity contribution in [2.75, 3.05) is 44.2 Å². The molecule has 7 heteroatoms. The molecule has 1 aliphatic heterocycles. The van der Waals surface area contributed by atoms with Crippen LogP contribution in [0.3, 0.4) is 0 Å². The summed E-state index contributed by atoms with van der Waals surface area (Å²) in [5.41, 5.74) is 2.27. The Balaban J connectivity index is 1.28. The summed E-state index contributed by atoms with van der Waals surface area (Å²) in [5.74, 6) is 1.59. The van der Waals surface area contributed by atoms with Crippen molar-refractivity contribution in [3.8, 4) is 11.6 Å². The van der Waals surface area contributed by atoms with E-state index in [9.17, 15) is 0 Å². The second kappa shape index (κ2) is 12.4. The van der Waals surface area contributed by atoms with Crippen LogP contribution in [0.1, 0.15) is 38.2 Å². The molecule has 3 rings (SSSR count). The fourth-order valence-corrected chi connectivity index (χ4v) is 4.15. The standard InChI is InChI=1S/C23H32N4O2S/c1-3-12-24-19-20-7-9-22(10-8-20)29-17-6-4-5-14-26-15-16-27(30-26)21-11-13-25-23(18-21)28-2/h7-11,13,18-19H,3-6,12,14-17H2,1-2H3. The fraction of sp³-hybridized carbons (Fsp3) is 0.478. The average molecular weight is 429 g/mol. The van der Waals surface area contributed by atoms with Gasteiger partial charge in [-0.25, -0.2) is 9.29 Å². The Morgan fingerprint density at radius 1 is 1.13 bits per heavy atom. The monoisotopic (exact) mass is 428 g/mol. The lowest BCUT2D eigenvalue weighted by Crippen LogP contribution is -2.14. The highest BCUT2D eigenvalue weighted by Gasteiger charge is 2.21. The number of nitrogens with zero attached hydrogens (tertiary/aromatic N) is 4. The van der Waals surface area contributed by atoms with Crippen LogP contribution in [0.2, 0.25) is 0 Å². The number of ether oxygens (including phenoxy) is 2. The Morgan fingerprint density at radius 2 is 2.00 bits per heavy atom. The van der Waals surface area contributed by atoms with Gasteiger partial charge >= 0.3 is 0 Å². The molecule has 0 unspecified atom stereocenters. The quantitative estimate of drug-likeness (QED) is 0.274. The highest BCUT2D eigenvalue weighted by atomic mass is 32.2. The number of methoxy groups -OCH3 is 1. The molecule has 6 nitrogen and oxygen atoms in total. The molecule has 0 atom stereocenters. The molecule has 162 valence electrons. The van der Waals surface area contributed by atoms with Gasteiger partial charge in [0.1, 0.15) is 5.75 Å². The number of hydrogen-bond donors (Lipinski definition) is 0. The molecule has 1 aromatic heterocycles. The van der Waals surface area contributed by atoms with Crippen molar-refractivity contribution >= 4 is 24.0 Å². The van der Waals surface area contributed by atoms with Gasteiger partial charge in [-0.3, -0.25) is 4.99 Å². The van der Waals surface area contributed by atoms with Gasteiger partial charge in [-0.2, -0.15) is 0 Å². The first-order valence-corrected chi connectivity index (χ1v) is 11.4. The minimum atomic E-state index is 0.658. The van der Waals surface area contributed by atoms with Crippen LogP contribution in [0, 0.1) is 0 Å². The normalized spacial score (nSPS) is 14.5. The molecule has 0 spiro atoms. The second-order valence-corrected chi connectivity index (χ2v) is 8.30. The molecule has 2 aromatic rings. The summed E-state index contributed by atoms with van der Waals surface area (Å²) in [7, 11) is 1.65. The highest BCUT2D eigenvalue weighted by Crippen LogP contribution is 2.31. The lowest BCUT2D eigenvalue weighted by atomic mass is 10.2. The lowest BCUT2D eigenvalue weighted by Gasteiger charge is -2.18. The summed E-state index contributed by atoms with van der Waals surface area (Å²) in [6.45, 7) is 6.95. The molecule has 1 aliphatic rings. The fourth-order valence-electron chi connectivity index (χ4n) is 3.12. The van der Waals surface area contributed by atoms with Crippen LogP contribution in [-0.2, 0) is 0 Å². The Bertz CT molecular complexity index is 785. The van der Waals surface area contributed by atoms with Gasteiger partial charge in [0, 0.05) is 56.8 Å². The molecule has 1 saturated heterocycles. The molecule has 0 amide bonds. The Morgan fingerprint density at radius 3 is 2.80 bits per heavy atom. The van der Waals surface area contributed by atoms with E-state index in [0.717, 1.165) is 62.6 Å². The largest absolute Gasteiger partial charge is 0.494 e. The number of aliphatic imine (C=N–C) groups is 1. The number of rotatable bonds is 12. The number of benzene rings is 1. The third-order valence-electron chi connectivity index (χ3n) is 4.78. The van der Waals surface area contributed by atoms with E-state index in [0.29, 0.717) is 5.88 Å². The van der Waals surface area contributed by atoms with Crippen molar-refractivity contribution in [1.82, 2.24) is 9.29 Å². The first-order valence-electron chi connectivity index (χ1n) is 10.7. The van der Waals surface area contributed by atoms with E-state index in [2.05, 4.69) is 37.6 Å². The van der Waals surface area contributed by atoms with Crippen LogP contribution in [0.5, 0.6) is 11.6 Å². The summed E-state index contributed by atoms with van der Waals surface area (Å²) in [6.07, 6.45) is 8.22. The summed E-state index contributed by atoms with van der Waals surface area (Å²) >= 11 is 1.79. The van der Waals surface area contributed by atoms with Gasteiger partial charge in [-0.05, 0) is 61.6 Å². The zero-order valence-corrected chi connectivity index (χ0v) is 18.8. The molecule has 1 aromatic carbocycles. The van der Waals surface area contributed by atoms with E-state index in [-0.39, 0.29) is 0 Å². The van der Waals surface area contributed by atoms with E-state index >= 15 is 0 Å². The number of hydrogen-bond acceptors (Lipinski definition) is 7. The van der Waals surface area contributed by atoms with Gasteiger partial charge in [0.05, 0.1) is 19.4 Å². The predicted octanol–water partition coefficient (Wildman–Crippen LogP) is 4.85. The van der Waals surface area contributed by atoms with Gasteiger partial charge < -0.3 is 13.8 Å². The lowest BCUT2D eigenvalue weighted by molar-refractivity contribution is 0.303. The highest BCUT2D eigenvalue weighted by molar-refractivity contribution is 7.98. The van der Waals surface area contributed by atoms with Gasteiger partial charge in [0.15, 0.2) is 0 Å². The van der Waals surface area contributed by atoms with Gasteiger partial charge in [0.25, 0.3) is 0 Å². The van der Waals surface area contributed by atoms with Crippen LogP contribution in [0.4, 0.5) is 5.69 Å². The van der Waals surface area contributed by atoms with Crippen molar-refractivity contribution in [3.63, 3.8) is 0 Å². The van der Waals surface area contributed by atoms with E-state index in [1.165, 1.54) is 12.8 Å². The second-order valence-electron chi connectivity index (χ2n) is 7.18. The molecule has 0 saturated carbocycles. The van der Waals surface area contributed by atoms with E-state index in [1.807, 2.05) is 30.5 Å². The van der Waals surface area contributed by atoms with Crippen molar-refractivity contribution in [1.29, 1.82) is 0 Å². The Hall–Kier alpha value is -2.25. The SMILES string of the molecule is CCCN=Cc1ccc(OCCCCCN2CCN(c3ccnc(OC)c3)S2)cc1. The predicted molar refractivity (Wildman–Crippen MR) is 126 cm³/mol. The minimum Gasteiger partial charge on any atom is -0.494 e. The molecule has 0 bridgehead atoms. The smallest absolute Gasteiger partial charge is 0.215 e. The summed E-state index contributed by atoms with van der Waals surface area (Å²) in [5, 5.41) is 0. The third-order valence-corrected chi connectivity index (χ3v) is 5.96. The van der Waals surface area contributed by atoms with Gasteiger partial charge in [-0.1, -0.05) is 6.92 Å². The van der Waals surface area contributed by atoms with E-state index < -0.39 is 0 Å².